The van der Waals surface area contributed by atoms with Crippen LogP contribution in [0.4, 0.5) is 10.2 Å². The minimum absolute atomic E-state index is 0.0613. The summed E-state index contributed by atoms with van der Waals surface area (Å²) in [5.74, 6) is -0.898. The second-order valence-electron chi connectivity index (χ2n) is 4.76. The van der Waals surface area contributed by atoms with Crippen molar-refractivity contribution >= 4 is 11.8 Å². The third kappa shape index (κ3) is 3.41. The molecule has 1 fully saturated rings. The Morgan fingerprint density at radius 1 is 1.63 bits per heavy atom. The van der Waals surface area contributed by atoms with Crippen LogP contribution in [0, 0.1) is 5.82 Å². The molecule has 0 bridgehead atoms. The van der Waals surface area contributed by atoms with Crippen LogP contribution < -0.4 is 5.32 Å². The number of nitrogens with one attached hydrogen (secondary N) is 1. The number of halogens is 1. The summed E-state index contributed by atoms with van der Waals surface area (Å²) >= 11 is 0. The number of carbonyl (C=O) groups is 1. The fourth-order valence-corrected chi connectivity index (χ4v) is 2.36. The van der Waals surface area contributed by atoms with E-state index in [0.717, 1.165) is 12.8 Å². The second kappa shape index (κ2) is 5.97. The third-order valence-electron chi connectivity index (χ3n) is 3.47. The molecule has 6 heteroatoms. The maximum Gasteiger partial charge on any atom is 0.317 e. The first kappa shape index (κ1) is 13.7. The summed E-state index contributed by atoms with van der Waals surface area (Å²) in [6.45, 7) is 2.72. The first-order chi connectivity index (χ1) is 9.10. The van der Waals surface area contributed by atoms with E-state index < -0.39 is 5.97 Å². The summed E-state index contributed by atoms with van der Waals surface area (Å²) in [4.78, 5) is 16.6. The number of anilines is 1. The summed E-state index contributed by atoms with van der Waals surface area (Å²) in [5.41, 5.74) is 0. The molecule has 1 saturated carbocycles. The number of carboxylic acid groups (broad SMARTS) is 1. The zero-order valence-electron chi connectivity index (χ0n) is 10.8. The molecule has 2 rings (SSSR count). The van der Waals surface area contributed by atoms with Crippen LogP contribution in [0.25, 0.3) is 0 Å². The Kier molecular flexibility index (Phi) is 4.31. The van der Waals surface area contributed by atoms with Crippen LogP contribution in [-0.4, -0.2) is 46.1 Å². The van der Waals surface area contributed by atoms with Gasteiger partial charge in [0.1, 0.15) is 0 Å². The summed E-state index contributed by atoms with van der Waals surface area (Å²) in [6, 6.07) is 3.34. The monoisotopic (exact) mass is 267 g/mol. The lowest BCUT2D eigenvalue weighted by Gasteiger charge is -2.42. The topological polar surface area (TPSA) is 65.5 Å². The number of hydrogen-bond acceptors (Lipinski definition) is 4. The van der Waals surface area contributed by atoms with Gasteiger partial charge in [-0.25, -0.2) is 9.37 Å². The first-order valence-corrected chi connectivity index (χ1v) is 6.43. The lowest BCUT2D eigenvalue weighted by Crippen LogP contribution is -2.51. The number of rotatable bonds is 6. The van der Waals surface area contributed by atoms with Gasteiger partial charge in [-0.15, -0.1) is 0 Å². The van der Waals surface area contributed by atoms with Crippen molar-refractivity contribution in [1.29, 1.82) is 0 Å². The largest absolute Gasteiger partial charge is 0.480 e. The van der Waals surface area contributed by atoms with Crippen molar-refractivity contribution in [2.45, 2.75) is 31.8 Å². The summed E-state index contributed by atoms with van der Waals surface area (Å²) < 4.78 is 13.4. The van der Waals surface area contributed by atoms with E-state index in [1.54, 1.807) is 12.3 Å². The summed E-state index contributed by atoms with van der Waals surface area (Å²) in [5, 5.41) is 11.9. The van der Waals surface area contributed by atoms with Crippen LogP contribution in [0.5, 0.6) is 0 Å². The maximum atomic E-state index is 13.4. The molecule has 2 N–H and O–H groups in total. The van der Waals surface area contributed by atoms with Gasteiger partial charge in [0.2, 0.25) is 0 Å². The highest BCUT2D eigenvalue weighted by atomic mass is 19.1. The second-order valence-corrected chi connectivity index (χ2v) is 4.76. The van der Waals surface area contributed by atoms with Gasteiger partial charge in [-0.05, 0) is 31.5 Å². The number of nitrogens with zero attached hydrogens (tertiary/aromatic N) is 2. The van der Waals surface area contributed by atoms with Crippen LogP contribution in [0.3, 0.4) is 0 Å². The van der Waals surface area contributed by atoms with Gasteiger partial charge >= 0.3 is 5.97 Å². The highest BCUT2D eigenvalue weighted by Crippen LogP contribution is 2.28. The molecular formula is C13H18FN3O2. The lowest BCUT2D eigenvalue weighted by molar-refractivity contribution is -0.139. The molecule has 1 aliphatic carbocycles. The van der Waals surface area contributed by atoms with E-state index in [-0.39, 0.29) is 30.3 Å². The molecule has 1 aromatic rings. The van der Waals surface area contributed by atoms with E-state index in [1.165, 1.54) is 6.07 Å². The number of likely N-dealkylation sites (N-methyl/N-ethyl adjacent to an activating group) is 1. The van der Waals surface area contributed by atoms with E-state index >= 15 is 0 Å². The molecule has 0 unspecified atom stereocenters. The van der Waals surface area contributed by atoms with Gasteiger partial charge in [-0.2, -0.15) is 0 Å². The number of pyridine rings is 1. The minimum Gasteiger partial charge on any atom is -0.480 e. The summed E-state index contributed by atoms with van der Waals surface area (Å²) in [7, 11) is 0. The van der Waals surface area contributed by atoms with Crippen molar-refractivity contribution in [3.8, 4) is 0 Å². The smallest absolute Gasteiger partial charge is 0.317 e. The van der Waals surface area contributed by atoms with Crippen LogP contribution in [0.2, 0.25) is 0 Å². The molecule has 19 heavy (non-hydrogen) atoms. The molecule has 1 heterocycles. The van der Waals surface area contributed by atoms with Crippen LogP contribution in [0.1, 0.15) is 19.8 Å². The lowest BCUT2D eigenvalue weighted by atomic mass is 9.85. The van der Waals surface area contributed by atoms with Crippen molar-refractivity contribution in [1.82, 2.24) is 9.88 Å². The van der Waals surface area contributed by atoms with Crippen molar-refractivity contribution in [2.75, 3.05) is 18.4 Å². The number of aliphatic carboxylic acids is 1. The molecule has 1 aliphatic rings. The summed E-state index contributed by atoms with van der Waals surface area (Å²) in [6.07, 6.45) is 3.18. The quantitative estimate of drug-likeness (QED) is 0.819. The average molecular weight is 267 g/mol. The van der Waals surface area contributed by atoms with E-state index in [0.29, 0.717) is 6.54 Å². The van der Waals surface area contributed by atoms with E-state index in [1.807, 2.05) is 11.8 Å². The number of aromatic nitrogens is 1. The van der Waals surface area contributed by atoms with Crippen LogP contribution >= 0.6 is 0 Å². The van der Waals surface area contributed by atoms with Gasteiger partial charge in [0.05, 0.1) is 6.54 Å². The van der Waals surface area contributed by atoms with Gasteiger partial charge in [0.25, 0.3) is 0 Å². The molecule has 0 radical (unpaired) electrons. The Hall–Kier alpha value is -1.69. The minimum atomic E-state index is -0.811. The number of hydrogen-bond donors (Lipinski definition) is 2. The normalized spacial score (nSPS) is 22.1. The molecule has 104 valence electrons. The zero-order valence-corrected chi connectivity index (χ0v) is 10.8. The SMILES string of the molecule is CCN(CC(=O)O)C1CC(Nc2ncccc2F)C1. The molecular weight excluding hydrogens is 249 g/mol. The standard InChI is InChI=1S/C13H18FN3O2/c1-2-17(8-12(18)19)10-6-9(7-10)16-13-11(14)4-3-5-15-13/h3-5,9-10H,2,6-8H2,1H3,(H,15,16)(H,18,19). The van der Waals surface area contributed by atoms with Crippen molar-refractivity contribution in [3.05, 3.63) is 24.1 Å². The molecule has 0 aromatic carbocycles. The first-order valence-electron chi connectivity index (χ1n) is 6.43. The van der Waals surface area contributed by atoms with E-state index in [9.17, 15) is 9.18 Å². The Bertz CT molecular complexity index is 449. The highest BCUT2D eigenvalue weighted by Gasteiger charge is 2.34. The average Bonchev–Trinajstić information content (AvgIpc) is 2.32. The predicted octanol–water partition coefficient (Wildman–Crippen LogP) is 1.57. The van der Waals surface area contributed by atoms with Crippen molar-refractivity contribution in [3.63, 3.8) is 0 Å². The third-order valence-corrected chi connectivity index (χ3v) is 3.47. The Morgan fingerprint density at radius 3 is 2.95 bits per heavy atom. The van der Waals surface area contributed by atoms with Crippen molar-refractivity contribution in [2.24, 2.45) is 0 Å². The molecule has 0 atom stereocenters. The molecule has 0 saturated heterocycles. The Labute approximate surface area is 111 Å². The Balaban J connectivity index is 1.83. The van der Waals surface area contributed by atoms with Gasteiger partial charge < -0.3 is 10.4 Å². The van der Waals surface area contributed by atoms with Crippen molar-refractivity contribution < 1.29 is 14.3 Å². The van der Waals surface area contributed by atoms with Crippen LogP contribution in [-0.2, 0) is 4.79 Å². The van der Waals surface area contributed by atoms with E-state index in [4.69, 9.17) is 5.11 Å². The van der Waals surface area contributed by atoms with Gasteiger partial charge in [0, 0.05) is 18.3 Å². The molecule has 0 spiro atoms. The molecule has 0 amide bonds. The fourth-order valence-electron chi connectivity index (χ4n) is 2.36. The molecule has 5 nitrogen and oxygen atoms in total. The maximum absolute atomic E-state index is 13.4. The van der Waals surface area contributed by atoms with Crippen LogP contribution in [0.15, 0.2) is 18.3 Å². The number of carboxylic acids is 1. The highest BCUT2D eigenvalue weighted by molar-refractivity contribution is 5.69. The Morgan fingerprint density at radius 2 is 2.37 bits per heavy atom. The zero-order chi connectivity index (χ0) is 13.8. The van der Waals surface area contributed by atoms with Gasteiger partial charge in [-0.1, -0.05) is 6.92 Å². The molecule has 1 aromatic heterocycles. The molecule has 0 aliphatic heterocycles. The predicted molar refractivity (Wildman–Crippen MR) is 69.5 cm³/mol. The van der Waals surface area contributed by atoms with Gasteiger partial charge in [-0.3, -0.25) is 9.69 Å². The van der Waals surface area contributed by atoms with Gasteiger partial charge in [0.15, 0.2) is 11.6 Å². The van der Waals surface area contributed by atoms with E-state index in [2.05, 4.69) is 10.3 Å². The fraction of sp³-hybridized carbons (Fsp3) is 0.538.